The molecule has 1 aliphatic rings. The minimum Gasteiger partial charge on any atom is -0.394 e. The standard InChI is InChI=1S/C68H131NO11S/c1-3-5-7-9-11-13-15-17-19-21-23-25-27-29-30-31-32-34-36-38-40-42-44-46-48-50-52-54-56-58-64(72)69-61(60-78-68-66(74)67(80-81(75,76)77)65(73)63(59-70)79-68)62(71)57-55-53-51-49-47-45-43-41-39-37-35-33-28-26-24-22-20-18-16-14-12-10-8-6-4-2/h23,25,29-30,61-63,65-68,70-71,73-74H,3-22,24,26-28,31-60H2,1-2H3,(H,69,72)(H,75,76,77)/b25-23-,30-29-. The first-order chi connectivity index (χ1) is 39.5. The SMILES string of the molecule is CCCCCCCCCCC/C=C\C/C=C\CCCCCCCCCCCCCCCC(=O)NC(COC1OC(CO)C(O)C(OS(=O)(=O)O)C1O)C(O)CCCCCCCCCCCCCCCCCCCCCCCCCCC. The van der Waals surface area contributed by atoms with E-state index in [4.69, 9.17) is 9.47 Å². The van der Waals surface area contributed by atoms with Crippen LogP contribution in [0.2, 0.25) is 0 Å². The molecule has 1 amide bonds. The summed E-state index contributed by atoms with van der Waals surface area (Å²) < 4.78 is 48.1. The van der Waals surface area contributed by atoms with E-state index in [1.807, 2.05) is 0 Å². The van der Waals surface area contributed by atoms with Crippen LogP contribution in [0, 0.1) is 0 Å². The van der Waals surface area contributed by atoms with Gasteiger partial charge in [-0.1, -0.05) is 321 Å². The fourth-order valence-corrected chi connectivity index (χ4v) is 11.9. The molecule has 1 aliphatic heterocycles. The Morgan fingerprint density at radius 2 is 0.827 bits per heavy atom. The maximum atomic E-state index is 13.2. The van der Waals surface area contributed by atoms with Crippen LogP contribution >= 0.6 is 0 Å². The smallest absolute Gasteiger partial charge is 0.394 e. The quantitative estimate of drug-likeness (QED) is 0.0193. The number of rotatable bonds is 62. The number of allylic oxidation sites excluding steroid dienone is 4. The minimum atomic E-state index is -5.09. The molecule has 0 aromatic carbocycles. The Morgan fingerprint density at radius 3 is 1.17 bits per heavy atom. The predicted octanol–water partition coefficient (Wildman–Crippen LogP) is 17.9. The van der Waals surface area contributed by atoms with Crippen molar-refractivity contribution in [1.29, 1.82) is 0 Å². The first-order valence-electron chi connectivity index (χ1n) is 34.7. The van der Waals surface area contributed by atoms with Gasteiger partial charge in [0.05, 0.1) is 25.4 Å². The molecular formula is C68H131NO11S. The van der Waals surface area contributed by atoms with Gasteiger partial charge in [0.1, 0.15) is 24.4 Å². The third-order valence-electron chi connectivity index (χ3n) is 16.8. The molecule has 0 saturated carbocycles. The molecule has 0 radical (unpaired) electrons. The molecule has 480 valence electrons. The first kappa shape index (κ1) is 77.6. The average Bonchev–Trinajstić information content (AvgIpc) is 3.48. The van der Waals surface area contributed by atoms with Crippen LogP contribution in [0.15, 0.2) is 24.3 Å². The highest BCUT2D eigenvalue weighted by molar-refractivity contribution is 7.80. The van der Waals surface area contributed by atoms with Crippen molar-refractivity contribution in [2.24, 2.45) is 0 Å². The lowest BCUT2D eigenvalue weighted by molar-refractivity contribution is -0.298. The zero-order valence-corrected chi connectivity index (χ0v) is 53.4. The average molecular weight is 1170 g/mol. The molecule has 0 spiro atoms. The van der Waals surface area contributed by atoms with Crippen molar-refractivity contribution in [3.8, 4) is 0 Å². The normalized spacial score (nSPS) is 18.6. The van der Waals surface area contributed by atoms with Gasteiger partial charge >= 0.3 is 10.4 Å². The number of ether oxygens (including phenoxy) is 2. The number of carbonyl (C=O) groups excluding carboxylic acids is 1. The molecule has 1 rings (SSSR count). The Labute approximate surface area is 499 Å². The summed E-state index contributed by atoms with van der Waals surface area (Å²) in [6.45, 7) is 3.52. The molecule has 0 aromatic heterocycles. The first-order valence-corrected chi connectivity index (χ1v) is 36.1. The number of hydrogen-bond acceptors (Lipinski definition) is 10. The zero-order chi connectivity index (χ0) is 59.0. The van der Waals surface area contributed by atoms with Crippen LogP contribution in [0.25, 0.3) is 0 Å². The van der Waals surface area contributed by atoms with Gasteiger partial charge in [0.2, 0.25) is 5.91 Å². The number of nitrogens with one attached hydrogen (secondary N) is 1. The van der Waals surface area contributed by atoms with Crippen LogP contribution in [0.4, 0.5) is 0 Å². The lowest BCUT2D eigenvalue weighted by Crippen LogP contribution is -2.61. The lowest BCUT2D eigenvalue weighted by Gasteiger charge is -2.41. The van der Waals surface area contributed by atoms with Crippen molar-refractivity contribution in [2.75, 3.05) is 13.2 Å². The van der Waals surface area contributed by atoms with Crippen molar-refractivity contribution < 1.29 is 51.8 Å². The Hall–Kier alpha value is -1.42. The van der Waals surface area contributed by atoms with E-state index in [9.17, 15) is 38.2 Å². The third-order valence-corrected chi connectivity index (χ3v) is 17.2. The monoisotopic (exact) mass is 1170 g/mol. The van der Waals surface area contributed by atoms with Crippen molar-refractivity contribution in [2.45, 2.75) is 391 Å². The molecule has 0 aliphatic carbocycles. The molecule has 6 N–H and O–H groups in total. The number of amides is 1. The van der Waals surface area contributed by atoms with Crippen molar-refractivity contribution >= 4 is 16.3 Å². The topological polar surface area (TPSA) is 192 Å². The molecule has 81 heavy (non-hydrogen) atoms. The molecule has 1 saturated heterocycles. The summed E-state index contributed by atoms with van der Waals surface area (Å²) >= 11 is 0. The Bertz CT molecular complexity index is 1520. The number of unbranched alkanes of at least 4 members (excludes halogenated alkanes) is 46. The van der Waals surface area contributed by atoms with E-state index in [2.05, 4.69) is 47.7 Å². The fraction of sp³-hybridized carbons (Fsp3) is 0.926. The second kappa shape index (κ2) is 57.6. The van der Waals surface area contributed by atoms with Crippen LogP contribution in [-0.4, -0.2) is 95.4 Å². The third kappa shape index (κ3) is 49.4. The highest BCUT2D eigenvalue weighted by atomic mass is 32.3. The van der Waals surface area contributed by atoms with Crippen molar-refractivity contribution in [3.63, 3.8) is 0 Å². The lowest BCUT2D eigenvalue weighted by atomic mass is 9.99. The van der Waals surface area contributed by atoms with Crippen LogP contribution in [0.3, 0.4) is 0 Å². The molecular weight excluding hydrogens is 1040 g/mol. The van der Waals surface area contributed by atoms with Gasteiger partial charge in [-0.05, 0) is 44.9 Å². The second-order valence-corrected chi connectivity index (χ2v) is 25.5. The van der Waals surface area contributed by atoms with E-state index in [0.717, 1.165) is 57.8 Å². The van der Waals surface area contributed by atoms with Gasteiger partial charge in [-0.2, -0.15) is 8.42 Å². The molecule has 0 bridgehead atoms. The Morgan fingerprint density at radius 1 is 0.494 bits per heavy atom. The Balaban J connectivity index is 2.25. The van der Waals surface area contributed by atoms with Gasteiger partial charge < -0.3 is 35.2 Å². The zero-order valence-electron chi connectivity index (χ0n) is 52.6. The molecule has 12 nitrogen and oxygen atoms in total. The van der Waals surface area contributed by atoms with Crippen molar-refractivity contribution in [1.82, 2.24) is 5.32 Å². The maximum absolute atomic E-state index is 13.2. The second-order valence-electron chi connectivity index (χ2n) is 24.5. The number of aliphatic hydroxyl groups excluding tert-OH is 4. The van der Waals surface area contributed by atoms with Crippen LogP contribution in [0.1, 0.15) is 348 Å². The van der Waals surface area contributed by atoms with E-state index in [-0.39, 0.29) is 12.5 Å². The van der Waals surface area contributed by atoms with E-state index >= 15 is 0 Å². The highest BCUT2D eigenvalue weighted by Crippen LogP contribution is 2.27. The van der Waals surface area contributed by atoms with Crippen molar-refractivity contribution in [3.05, 3.63) is 24.3 Å². The van der Waals surface area contributed by atoms with Gasteiger partial charge in [0, 0.05) is 6.42 Å². The summed E-state index contributed by atoms with van der Waals surface area (Å²) in [6.07, 6.45) is 64.9. The van der Waals surface area contributed by atoms with E-state index < -0.39 is 59.9 Å². The molecule has 7 unspecified atom stereocenters. The summed E-state index contributed by atoms with van der Waals surface area (Å²) in [7, 11) is -5.09. The highest BCUT2D eigenvalue weighted by Gasteiger charge is 2.48. The summed E-state index contributed by atoms with van der Waals surface area (Å²) in [5.41, 5.74) is 0. The summed E-state index contributed by atoms with van der Waals surface area (Å²) in [4.78, 5) is 13.2. The van der Waals surface area contributed by atoms with Crippen LogP contribution in [-0.2, 0) is 28.9 Å². The van der Waals surface area contributed by atoms with Gasteiger partial charge in [-0.25, -0.2) is 4.18 Å². The largest absolute Gasteiger partial charge is 0.397 e. The Kier molecular flexibility index (Phi) is 55.2. The molecule has 1 heterocycles. The molecule has 7 atom stereocenters. The van der Waals surface area contributed by atoms with E-state index in [1.54, 1.807) is 0 Å². The number of hydrogen-bond donors (Lipinski definition) is 6. The predicted molar refractivity (Wildman–Crippen MR) is 338 cm³/mol. The van der Waals surface area contributed by atoms with Gasteiger partial charge in [0.15, 0.2) is 6.29 Å². The summed E-state index contributed by atoms with van der Waals surface area (Å²) in [6, 6.07) is -0.860. The maximum Gasteiger partial charge on any atom is 0.397 e. The minimum absolute atomic E-state index is 0.224. The van der Waals surface area contributed by atoms with Crippen LogP contribution in [0.5, 0.6) is 0 Å². The van der Waals surface area contributed by atoms with E-state index in [0.29, 0.717) is 12.8 Å². The summed E-state index contributed by atoms with van der Waals surface area (Å²) in [5.74, 6) is -0.224. The number of carbonyl (C=O) groups is 1. The van der Waals surface area contributed by atoms with Gasteiger partial charge in [-0.3, -0.25) is 9.35 Å². The fourth-order valence-electron chi connectivity index (χ4n) is 11.4. The van der Waals surface area contributed by atoms with Crippen LogP contribution < -0.4 is 5.32 Å². The molecule has 0 aromatic rings. The van der Waals surface area contributed by atoms with Gasteiger partial charge in [0.25, 0.3) is 0 Å². The summed E-state index contributed by atoms with van der Waals surface area (Å²) in [5, 5.41) is 45.3. The number of aliphatic hydroxyl groups is 4. The molecule has 13 heteroatoms. The molecule has 1 fully saturated rings. The van der Waals surface area contributed by atoms with E-state index in [1.165, 1.54) is 263 Å². The van der Waals surface area contributed by atoms with Gasteiger partial charge in [-0.15, -0.1) is 0 Å².